The van der Waals surface area contributed by atoms with Crippen LogP contribution in [0.25, 0.3) is 0 Å². The molecule has 0 fully saturated rings. The van der Waals surface area contributed by atoms with Crippen LogP contribution in [0, 0.1) is 0 Å². The van der Waals surface area contributed by atoms with Crippen LogP contribution in [0.15, 0.2) is 60.7 Å². The van der Waals surface area contributed by atoms with Crippen molar-refractivity contribution in [2.24, 2.45) is 0 Å². The Morgan fingerprint density at radius 3 is 1.31 bits per heavy atom. The molecule has 0 radical (unpaired) electrons. The summed E-state index contributed by atoms with van der Waals surface area (Å²) in [6.45, 7) is 1.64. The van der Waals surface area contributed by atoms with E-state index in [1.807, 2.05) is 60.7 Å². The monoisotopic (exact) mass is 450 g/mol. The van der Waals surface area contributed by atoms with Crippen LogP contribution in [0.5, 0.6) is 0 Å². The van der Waals surface area contributed by atoms with Gasteiger partial charge >= 0.3 is 0 Å². The number of likely N-dealkylation sites (N-methyl/N-ethyl adjacent to an activating group) is 2. The molecule has 0 aliphatic heterocycles. The minimum Gasteiger partial charge on any atom is -0.348 e. The maximum absolute atomic E-state index is 13.6. The standard InChI is InChI=1S/C21H27N2O3PS2/c1-22(2)20(24)18(16-12-8-6-9-13-16)28-27(5,26)29-19(21(25)23(3)4)17-14-10-7-11-15-17/h6-15,18-19H,1-5H3. The zero-order valence-corrected chi connectivity index (χ0v) is 19.8. The van der Waals surface area contributed by atoms with E-state index >= 15 is 0 Å². The summed E-state index contributed by atoms with van der Waals surface area (Å²) in [5, 5.41) is -1.19. The third-order valence-electron chi connectivity index (χ3n) is 4.13. The molecule has 0 spiro atoms. The summed E-state index contributed by atoms with van der Waals surface area (Å²) in [7, 11) is 6.76. The van der Waals surface area contributed by atoms with Crippen molar-refractivity contribution in [3.63, 3.8) is 0 Å². The summed E-state index contributed by atoms with van der Waals surface area (Å²) in [5.74, 6) is -0.252. The largest absolute Gasteiger partial charge is 0.348 e. The van der Waals surface area contributed by atoms with Gasteiger partial charge in [0.1, 0.15) is 10.5 Å². The predicted molar refractivity (Wildman–Crippen MR) is 124 cm³/mol. The molecule has 2 aromatic carbocycles. The minimum absolute atomic E-state index is 0.126. The van der Waals surface area contributed by atoms with E-state index in [1.165, 1.54) is 9.80 Å². The van der Waals surface area contributed by atoms with E-state index in [-0.39, 0.29) is 11.8 Å². The lowest BCUT2D eigenvalue weighted by Gasteiger charge is -2.26. The van der Waals surface area contributed by atoms with Gasteiger partial charge in [-0.05, 0) is 11.1 Å². The highest BCUT2D eigenvalue weighted by Crippen LogP contribution is 2.73. The molecule has 0 heterocycles. The second kappa shape index (κ2) is 10.4. The molecule has 2 rings (SSSR count). The molecule has 0 aromatic heterocycles. The van der Waals surface area contributed by atoms with Crippen molar-refractivity contribution in [2.45, 2.75) is 10.5 Å². The lowest BCUT2D eigenvalue weighted by atomic mass is 10.1. The second-order valence-corrected chi connectivity index (χ2v) is 16.1. The van der Waals surface area contributed by atoms with Crippen LogP contribution in [-0.2, 0) is 14.2 Å². The first-order valence-electron chi connectivity index (χ1n) is 9.09. The molecular formula is C21H27N2O3PS2. The van der Waals surface area contributed by atoms with E-state index in [0.29, 0.717) is 0 Å². The fraction of sp³-hybridized carbons (Fsp3) is 0.333. The average Bonchev–Trinajstić information content (AvgIpc) is 2.70. The van der Waals surface area contributed by atoms with Crippen LogP contribution in [0.1, 0.15) is 21.6 Å². The normalized spacial score (nSPS) is 15.1. The van der Waals surface area contributed by atoms with Gasteiger partial charge in [-0.3, -0.25) is 9.59 Å². The number of hydrogen-bond acceptors (Lipinski definition) is 5. The summed E-state index contributed by atoms with van der Waals surface area (Å²) in [6.07, 6.45) is 0. The summed E-state index contributed by atoms with van der Waals surface area (Å²) < 4.78 is 13.6. The van der Waals surface area contributed by atoms with E-state index in [1.54, 1.807) is 34.9 Å². The van der Waals surface area contributed by atoms with Crippen LogP contribution in [0.4, 0.5) is 0 Å². The van der Waals surface area contributed by atoms with Gasteiger partial charge in [-0.25, -0.2) is 0 Å². The number of rotatable bonds is 8. The molecule has 2 amide bonds. The summed E-state index contributed by atoms with van der Waals surface area (Å²) >= 11 is 2.29. The van der Waals surface area contributed by atoms with Crippen LogP contribution < -0.4 is 0 Å². The number of nitrogens with zero attached hydrogens (tertiary/aromatic N) is 2. The predicted octanol–water partition coefficient (Wildman–Crippen LogP) is 4.93. The van der Waals surface area contributed by atoms with Crippen LogP contribution in [0.2, 0.25) is 0 Å². The number of carbonyl (C=O) groups is 2. The Morgan fingerprint density at radius 1 is 0.724 bits per heavy atom. The van der Waals surface area contributed by atoms with Crippen molar-refractivity contribution in [1.82, 2.24) is 9.80 Å². The smallest absolute Gasteiger partial charge is 0.240 e. The average molecular weight is 451 g/mol. The number of carbonyl (C=O) groups excluding carboxylic acids is 2. The minimum atomic E-state index is -2.98. The van der Waals surface area contributed by atoms with Crippen molar-refractivity contribution in [3.8, 4) is 0 Å². The first-order valence-corrected chi connectivity index (χ1v) is 14.2. The highest BCUT2D eigenvalue weighted by Gasteiger charge is 2.35. The Hall–Kier alpha value is -1.69. The molecule has 8 heteroatoms. The fourth-order valence-electron chi connectivity index (χ4n) is 2.63. The van der Waals surface area contributed by atoms with Crippen LogP contribution in [0.3, 0.4) is 0 Å². The van der Waals surface area contributed by atoms with Gasteiger partial charge in [0.05, 0.1) is 0 Å². The molecule has 0 saturated heterocycles. The van der Waals surface area contributed by atoms with Gasteiger partial charge in [-0.15, -0.1) is 0 Å². The third kappa shape index (κ3) is 6.66. The van der Waals surface area contributed by atoms with E-state index in [4.69, 9.17) is 0 Å². The van der Waals surface area contributed by atoms with E-state index in [9.17, 15) is 14.2 Å². The SMILES string of the molecule is CN(C)C(=O)C(SP(C)(=O)SC(C(=O)N(C)C)c1ccccc1)c1ccccc1. The fourth-order valence-corrected chi connectivity index (χ4v) is 10.3. The summed E-state index contributed by atoms with van der Waals surface area (Å²) in [5.41, 5.74) is -1.38. The van der Waals surface area contributed by atoms with Crippen molar-refractivity contribution in [1.29, 1.82) is 0 Å². The zero-order valence-electron chi connectivity index (χ0n) is 17.3. The van der Waals surface area contributed by atoms with Gasteiger partial charge in [0.2, 0.25) is 11.8 Å². The Labute approximate surface area is 181 Å². The maximum Gasteiger partial charge on any atom is 0.240 e. The third-order valence-corrected chi connectivity index (χ3v) is 11.4. The maximum atomic E-state index is 13.6. The molecular weight excluding hydrogens is 423 g/mol. The van der Waals surface area contributed by atoms with Gasteiger partial charge in [0.25, 0.3) is 0 Å². The number of benzene rings is 2. The topological polar surface area (TPSA) is 57.7 Å². The van der Waals surface area contributed by atoms with Gasteiger partial charge < -0.3 is 14.4 Å². The molecule has 29 heavy (non-hydrogen) atoms. The lowest BCUT2D eigenvalue weighted by Crippen LogP contribution is -2.27. The van der Waals surface area contributed by atoms with Gasteiger partial charge in [0.15, 0.2) is 5.55 Å². The van der Waals surface area contributed by atoms with Crippen molar-refractivity contribution >= 4 is 40.1 Å². The molecule has 0 bridgehead atoms. The Bertz CT molecular complexity index is 807. The van der Waals surface area contributed by atoms with E-state index < -0.39 is 16.0 Å². The number of amides is 2. The quantitative estimate of drug-likeness (QED) is 0.534. The Balaban J connectivity index is 2.33. The molecule has 0 N–H and O–H groups in total. The Morgan fingerprint density at radius 2 is 1.03 bits per heavy atom. The zero-order chi connectivity index (χ0) is 21.6. The molecule has 0 aliphatic carbocycles. The van der Waals surface area contributed by atoms with Crippen molar-refractivity contribution < 1.29 is 14.2 Å². The number of hydrogen-bond donors (Lipinski definition) is 0. The van der Waals surface area contributed by atoms with Crippen LogP contribution in [-0.4, -0.2) is 56.5 Å². The molecule has 2 atom stereocenters. The van der Waals surface area contributed by atoms with Crippen LogP contribution >= 0.6 is 28.3 Å². The second-order valence-electron chi connectivity index (χ2n) is 7.03. The molecule has 156 valence electrons. The van der Waals surface area contributed by atoms with Gasteiger partial charge in [0, 0.05) is 34.9 Å². The summed E-state index contributed by atoms with van der Waals surface area (Å²) in [6, 6.07) is 18.7. The lowest BCUT2D eigenvalue weighted by molar-refractivity contribution is -0.128. The Kier molecular flexibility index (Phi) is 8.44. The molecule has 2 aromatic rings. The molecule has 0 aliphatic rings. The van der Waals surface area contributed by atoms with Crippen molar-refractivity contribution in [3.05, 3.63) is 71.8 Å². The molecule has 0 saturated carbocycles. The highest BCUT2D eigenvalue weighted by atomic mass is 33.1. The summed E-state index contributed by atoms with van der Waals surface area (Å²) in [4.78, 5) is 28.7. The van der Waals surface area contributed by atoms with Crippen molar-refractivity contribution in [2.75, 3.05) is 34.9 Å². The first kappa shape index (κ1) is 23.6. The first-order chi connectivity index (χ1) is 13.6. The molecule has 5 nitrogen and oxygen atoms in total. The van der Waals surface area contributed by atoms with E-state index in [0.717, 1.165) is 33.9 Å². The highest BCUT2D eigenvalue weighted by molar-refractivity contribution is 8.90. The van der Waals surface area contributed by atoms with E-state index in [2.05, 4.69) is 0 Å². The van der Waals surface area contributed by atoms with Gasteiger partial charge in [-0.2, -0.15) is 0 Å². The van der Waals surface area contributed by atoms with Gasteiger partial charge in [-0.1, -0.05) is 83.4 Å². The molecule has 2 unspecified atom stereocenters.